The van der Waals surface area contributed by atoms with Gasteiger partial charge in [0.05, 0.1) is 0 Å². The molecule has 0 saturated carbocycles. The Bertz CT molecular complexity index is 2290. The van der Waals surface area contributed by atoms with E-state index >= 15 is 0 Å². The maximum atomic E-state index is 6.49. The standard InChI is InChI=1S/C42H37BGeN2OSi/c1-5-48(6-2)39-24-14-11-21-35(39)46-36-27-28(45-33-19-9-12-22-37(33)47-38-23-13-10-20-34(38)45)26-32-41(36)43(30-17-15-25-40(48)42(30)46)29-16-7-8-18-31(29)44(32,3)4/h7-27H,5-6H2,1-4H3. The van der Waals surface area contributed by atoms with Gasteiger partial charge < -0.3 is 0 Å². The van der Waals surface area contributed by atoms with Crippen LogP contribution in [0, 0.1) is 0 Å². The van der Waals surface area contributed by atoms with Gasteiger partial charge in [-0.15, -0.1) is 0 Å². The Morgan fingerprint density at radius 1 is 0.583 bits per heavy atom. The zero-order valence-corrected chi connectivity index (χ0v) is 31.0. The molecular weight excluding hydrogens is 660 g/mol. The van der Waals surface area contributed by atoms with Gasteiger partial charge in [-0.2, -0.15) is 0 Å². The third-order valence-corrected chi connectivity index (χ3v) is 24.7. The number of hydrogen-bond donors (Lipinski definition) is 0. The van der Waals surface area contributed by atoms with Gasteiger partial charge in [0, 0.05) is 0 Å². The van der Waals surface area contributed by atoms with Crippen molar-refractivity contribution < 1.29 is 4.74 Å². The summed E-state index contributed by atoms with van der Waals surface area (Å²) in [6.07, 6.45) is 0. The number of nitrogens with zero attached hydrogens (tertiary/aromatic N) is 2. The fraction of sp³-hybridized carbons (Fsp3) is 0.143. The molecule has 0 bridgehead atoms. The maximum absolute atomic E-state index is 6.49. The number of rotatable bonds is 3. The second kappa shape index (κ2) is 10.0. The Balaban J connectivity index is 1.35. The Morgan fingerprint density at radius 3 is 1.92 bits per heavy atom. The summed E-state index contributed by atoms with van der Waals surface area (Å²) in [4.78, 5) is 5.15. The van der Waals surface area contributed by atoms with Crippen molar-refractivity contribution in [1.29, 1.82) is 0 Å². The van der Waals surface area contributed by atoms with E-state index in [-0.39, 0.29) is 6.71 Å². The number of fused-ring (bicyclic) bond motifs is 8. The van der Waals surface area contributed by atoms with E-state index in [2.05, 4.69) is 163 Å². The van der Waals surface area contributed by atoms with Gasteiger partial charge in [0.15, 0.2) is 0 Å². The first-order chi connectivity index (χ1) is 23.5. The molecular formula is C42H37BGeN2OSi. The van der Waals surface area contributed by atoms with Crippen LogP contribution in [0.5, 0.6) is 11.5 Å². The van der Waals surface area contributed by atoms with Crippen LogP contribution < -0.4 is 50.1 Å². The summed E-state index contributed by atoms with van der Waals surface area (Å²) in [6, 6.07) is 50.6. The minimum atomic E-state index is -2.81. The molecule has 10 rings (SSSR count). The van der Waals surface area contributed by atoms with Crippen molar-refractivity contribution in [1.82, 2.24) is 0 Å². The quantitative estimate of drug-likeness (QED) is 0.194. The van der Waals surface area contributed by atoms with Crippen LogP contribution >= 0.6 is 0 Å². The summed E-state index contributed by atoms with van der Waals surface area (Å²) >= 11 is -2.81. The zero-order chi connectivity index (χ0) is 32.4. The molecule has 3 nitrogen and oxygen atoms in total. The van der Waals surface area contributed by atoms with Crippen LogP contribution in [0.2, 0.25) is 23.6 Å². The van der Waals surface area contributed by atoms with Crippen molar-refractivity contribution in [2.75, 3.05) is 9.80 Å². The Hall–Kier alpha value is -4.46. The van der Waals surface area contributed by atoms with Crippen molar-refractivity contribution in [3.63, 3.8) is 0 Å². The fourth-order valence-corrected chi connectivity index (χ4v) is 21.0. The third kappa shape index (κ3) is 3.51. The molecule has 4 aliphatic rings. The average Bonchev–Trinajstić information content (AvgIpc) is 3.13. The van der Waals surface area contributed by atoms with Gasteiger partial charge >= 0.3 is 289 Å². The van der Waals surface area contributed by atoms with Gasteiger partial charge in [-0.3, -0.25) is 0 Å². The molecule has 0 spiro atoms. The molecule has 6 aromatic carbocycles. The van der Waals surface area contributed by atoms with Crippen LogP contribution in [0.3, 0.4) is 0 Å². The van der Waals surface area contributed by atoms with E-state index in [1.165, 1.54) is 51.2 Å². The summed E-state index contributed by atoms with van der Waals surface area (Å²) in [5.41, 5.74) is 12.1. The van der Waals surface area contributed by atoms with Crippen LogP contribution in [0.25, 0.3) is 0 Å². The van der Waals surface area contributed by atoms with Gasteiger partial charge in [0.1, 0.15) is 0 Å². The van der Waals surface area contributed by atoms with E-state index in [0.29, 0.717) is 0 Å². The number of para-hydroxylation sites is 6. The molecule has 0 unspecified atom stereocenters. The predicted molar refractivity (Wildman–Crippen MR) is 210 cm³/mol. The molecule has 0 amide bonds. The number of benzene rings is 6. The van der Waals surface area contributed by atoms with Crippen LogP contribution in [0.1, 0.15) is 13.8 Å². The number of hydrogen-bond acceptors (Lipinski definition) is 3. The molecule has 0 fully saturated rings. The van der Waals surface area contributed by atoms with E-state index < -0.39 is 21.3 Å². The summed E-state index contributed by atoms with van der Waals surface area (Å²) in [5, 5.41) is 3.18. The fourth-order valence-electron chi connectivity index (χ4n) is 9.71. The second-order valence-electron chi connectivity index (χ2n) is 14.3. The molecule has 4 heterocycles. The van der Waals surface area contributed by atoms with Crippen molar-refractivity contribution in [3.8, 4) is 11.5 Å². The van der Waals surface area contributed by atoms with Gasteiger partial charge in [-0.1, -0.05) is 0 Å². The van der Waals surface area contributed by atoms with Gasteiger partial charge in [0.2, 0.25) is 0 Å². The summed E-state index contributed by atoms with van der Waals surface area (Å²) < 4.78 is 9.68. The van der Waals surface area contributed by atoms with Crippen molar-refractivity contribution >= 4 is 97.7 Å². The van der Waals surface area contributed by atoms with Gasteiger partial charge in [-0.25, -0.2) is 0 Å². The summed E-state index contributed by atoms with van der Waals surface area (Å²) in [7, 11) is -2.00. The molecule has 0 radical (unpaired) electrons. The first kappa shape index (κ1) is 28.5. The van der Waals surface area contributed by atoms with Crippen LogP contribution in [0.15, 0.2) is 127 Å². The van der Waals surface area contributed by atoms with Crippen LogP contribution in [-0.4, -0.2) is 28.1 Å². The predicted octanol–water partition coefficient (Wildman–Crippen LogP) is 6.61. The van der Waals surface area contributed by atoms with E-state index in [1.54, 1.807) is 19.2 Å². The molecule has 48 heavy (non-hydrogen) atoms. The van der Waals surface area contributed by atoms with Crippen molar-refractivity contribution in [2.24, 2.45) is 0 Å². The molecule has 0 aliphatic carbocycles. The van der Waals surface area contributed by atoms with Crippen molar-refractivity contribution in [3.05, 3.63) is 127 Å². The van der Waals surface area contributed by atoms with E-state index in [1.807, 2.05) is 0 Å². The Morgan fingerprint density at radius 2 is 1.19 bits per heavy atom. The van der Waals surface area contributed by atoms with Crippen LogP contribution in [0.4, 0.5) is 34.1 Å². The van der Waals surface area contributed by atoms with Crippen LogP contribution in [-0.2, 0) is 0 Å². The number of anilines is 6. The topological polar surface area (TPSA) is 15.7 Å². The van der Waals surface area contributed by atoms with Gasteiger partial charge in [-0.05, 0) is 0 Å². The third-order valence-electron chi connectivity index (χ3n) is 12.0. The first-order valence-corrected chi connectivity index (χ1v) is 26.2. The van der Waals surface area contributed by atoms with E-state index in [9.17, 15) is 0 Å². The molecule has 232 valence electrons. The minimum absolute atomic E-state index is 0.222. The molecule has 6 heteroatoms. The first-order valence-electron chi connectivity index (χ1n) is 17.4. The molecule has 0 atom stereocenters. The SMILES string of the molecule is CC[Si]1(CC)c2ccccc2N2c3cc(N4c5ccccc5Oc5ccccc54)c[c]4c3B(c3cccc[c]3[Ge]4([CH3])[CH3])c3cccc1c32. The van der Waals surface area contributed by atoms with E-state index in [0.717, 1.165) is 22.9 Å². The molecule has 6 aromatic rings. The molecule has 0 N–H and O–H groups in total. The normalized spacial score (nSPS) is 16.5. The summed E-state index contributed by atoms with van der Waals surface area (Å²) in [5.74, 6) is 7.00. The molecule has 0 saturated heterocycles. The van der Waals surface area contributed by atoms with Gasteiger partial charge in [0.25, 0.3) is 0 Å². The van der Waals surface area contributed by atoms with Crippen molar-refractivity contribution in [2.45, 2.75) is 37.4 Å². The summed E-state index contributed by atoms with van der Waals surface area (Å²) in [6.45, 7) is 5.10. The average molecular weight is 697 g/mol. The molecule has 0 aromatic heterocycles. The molecule has 4 aliphatic heterocycles. The second-order valence-corrected chi connectivity index (χ2v) is 28.1. The number of ether oxygens (including phenoxy) is 1. The van der Waals surface area contributed by atoms with E-state index in [4.69, 9.17) is 4.74 Å². The zero-order valence-electron chi connectivity index (χ0n) is 27.9. The Kier molecular flexibility index (Phi) is 5.97. The monoisotopic (exact) mass is 698 g/mol. The Labute approximate surface area is 287 Å².